The molecule has 0 unspecified atom stereocenters. The van der Waals surface area contributed by atoms with Crippen molar-refractivity contribution in [1.29, 1.82) is 0 Å². The first-order valence-electron chi connectivity index (χ1n) is 7.65. The maximum atomic E-state index is 6.04. The number of nitrogen functional groups attached to an aromatic ring is 1. The van der Waals surface area contributed by atoms with Crippen molar-refractivity contribution in [3.8, 4) is 0 Å². The van der Waals surface area contributed by atoms with Gasteiger partial charge in [0.05, 0.1) is 44.1 Å². The number of likely N-dealkylation sites (N-methyl/N-ethyl adjacent to an activating group) is 2. The van der Waals surface area contributed by atoms with Crippen molar-refractivity contribution < 1.29 is 4.48 Å². The summed E-state index contributed by atoms with van der Waals surface area (Å²) in [6, 6.07) is 6.22. The summed E-state index contributed by atoms with van der Waals surface area (Å²) in [5, 5.41) is 3.10. The second-order valence-corrected chi connectivity index (χ2v) is 5.46. The maximum Gasteiger partial charge on any atom is 0.0964 e. The third-order valence-corrected chi connectivity index (χ3v) is 4.67. The van der Waals surface area contributed by atoms with Crippen LogP contribution < -0.4 is 16.0 Å². The molecule has 4 heteroatoms. The minimum Gasteiger partial charge on any atom is -0.397 e. The van der Waals surface area contributed by atoms with Crippen LogP contribution in [0.25, 0.3) is 0 Å². The summed E-state index contributed by atoms with van der Waals surface area (Å²) in [5.41, 5.74) is 9.01. The van der Waals surface area contributed by atoms with E-state index >= 15 is 0 Å². The summed E-state index contributed by atoms with van der Waals surface area (Å²) in [6.07, 6.45) is 0. The molecule has 0 aromatic heterocycles. The topological polar surface area (TPSA) is 41.3 Å². The molecule has 3 N–H and O–H groups in total. The van der Waals surface area contributed by atoms with Gasteiger partial charge in [0, 0.05) is 19.8 Å². The molecular weight excluding hydrogens is 248 g/mol. The molecule has 4 nitrogen and oxygen atoms in total. The largest absolute Gasteiger partial charge is 0.397 e. The van der Waals surface area contributed by atoms with Gasteiger partial charge < -0.3 is 20.4 Å². The van der Waals surface area contributed by atoms with E-state index in [0.717, 1.165) is 17.9 Å². The lowest BCUT2D eigenvalue weighted by Gasteiger charge is -2.37. The first-order chi connectivity index (χ1) is 9.51. The number of hydrogen-bond acceptors (Lipinski definition) is 3. The van der Waals surface area contributed by atoms with Crippen LogP contribution in [0.15, 0.2) is 18.2 Å². The Morgan fingerprint density at radius 2 is 1.75 bits per heavy atom. The third kappa shape index (κ3) is 3.79. The average molecular weight is 279 g/mol. The van der Waals surface area contributed by atoms with Crippen LogP contribution in [-0.2, 0) is 0 Å². The molecule has 0 aliphatic rings. The number of nitrogens with zero attached hydrogens (tertiary/aromatic N) is 2. The molecular formula is C16H31N4+. The van der Waals surface area contributed by atoms with Gasteiger partial charge in [-0.15, -0.1) is 0 Å². The van der Waals surface area contributed by atoms with E-state index in [2.05, 4.69) is 44.1 Å². The van der Waals surface area contributed by atoms with Crippen molar-refractivity contribution in [3.05, 3.63) is 18.2 Å². The minimum absolute atomic E-state index is 0.805. The number of benzene rings is 1. The summed E-state index contributed by atoms with van der Waals surface area (Å²) < 4.78 is 1.18. The van der Waals surface area contributed by atoms with Gasteiger partial charge in [-0.1, -0.05) is 0 Å². The number of rotatable bonds is 8. The van der Waals surface area contributed by atoms with Gasteiger partial charge in [0.2, 0.25) is 0 Å². The lowest BCUT2D eigenvalue weighted by atomic mass is 10.2. The number of quaternary nitrogens is 1. The molecule has 1 aromatic rings. The minimum atomic E-state index is 0.805. The molecule has 0 atom stereocenters. The fourth-order valence-electron chi connectivity index (χ4n) is 2.65. The van der Waals surface area contributed by atoms with Gasteiger partial charge in [-0.3, -0.25) is 0 Å². The Morgan fingerprint density at radius 1 is 1.15 bits per heavy atom. The highest BCUT2D eigenvalue weighted by Crippen LogP contribution is 2.24. The molecule has 1 rings (SSSR count). The van der Waals surface area contributed by atoms with Gasteiger partial charge in [-0.05, 0) is 39.0 Å². The van der Waals surface area contributed by atoms with Gasteiger partial charge in [-0.2, -0.15) is 0 Å². The van der Waals surface area contributed by atoms with Crippen molar-refractivity contribution in [2.75, 3.05) is 62.8 Å². The predicted octanol–water partition coefficient (Wildman–Crippen LogP) is 2.62. The Hall–Kier alpha value is -1.42. The fourth-order valence-corrected chi connectivity index (χ4v) is 2.65. The van der Waals surface area contributed by atoms with E-state index in [1.54, 1.807) is 0 Å². The number of nitrogens with two attached hydrogens (primary N) is 1. The molecule has 0 aliphatic heterocycles. The number of nitrogens with one attached hydrogen (secondary N) is 1. The van der Waals surface area contributed by atoms with Crippen LogP contribution in [0.1, 0.15) is 20.8 Å². The maximum absolute atomic E-state index is 6.04. The van der Waals surface area contributed by atoms with Crippen LogP contribution in [0.3, 0.4) is 0 Å². The predicted molar refractivity (Wildman–Crippen MR) is 90.4 cm³/mol. The van der Waals surface area contributed by atoms with Crippen LogP contribution in [0.5, 0.6) is 0 Å². The second kappa shape index (κ2) is 7.39. The summed E-state index contributed by atoms with van der Waals surface area (Å²) in [6.45, 7) is 12.7. The second-order valence-electron chi connectivity index (χ2n) is 5.46. The molecule has 0 bridgehead atoms. The van der Waals surface area contributed by atoms with Crippen molar-refractivity contribution in [2.45, 2.75) is 20.8 Å². The van der Waals surface area contributed by atoms with Crippen LogP contribution in [0.4, 0.5) is 17.1 Å². The van der Waals surface area contributed by atoms with Gasteiger partial charge in [0.15, 0.2) is 0 Å². The lowest BCUT2D eigenvalue weighted by Crippen LogP contribution is -2.51. The molecule has 0 radical (unpaired) electrons. The summed E-state index contributed by atoms with van der Waals surface area (Å²) in [7, 11) is 4.04. The van der Waals surface area contributed by atoms with Crippen LogP contribution >= 0.6 is 0 Å². The van der Waals surface area contributed by atoms with Crippen molar-refractivity contribution in [2.24, 2.45) is 0 Å². The Morgan fingerprint density at radius 3 is 2.20 bits per heavy atom. The van der Waals surface area contributed by atoms with Crippen molar-refractivity contribution >= 4 is 17.1 Å². The monoisotopic (exact) mass is 279 g/mol. The Bertz CT molecular complexity index is 405. The van der Waals surface area contributed by atoms with E-state index in [1.165, 1.54) is 36.3 Å². The zero-order chi connectivity index (χ0) is 15.2. The summed E-state index contributed by atoms with van der Waals surface area (Å²) in [4.78, 5) is 2.30. The fraction of sp³-hybridized carbons (Fsp3) is 0.625. The Balaban J connectivity index is 2.71. The summed E-state index contributed by atoms with van der Waals surface area (Å²) in [5.74, 6) is 0. The Labute approximate surface area is 124 Å². The first kappa shape index (κ1) is 16.6. The van der Waals surface area contributed by atoms with Crippen molar-refractivity contribution in [1.82, 2.24) is 0 Å². The molecule has 0 fully saturated rings. The summed E-state index contributed by atoms with van der Waals surface area (Å²) >= 11 is 0. The van der Waals surface area contributed by atoms with Gasteiger partial charge in [-0.25, -0.2) is 0 Å². The third-order valence-electron chi connectivity index (χ3n) is 4.67. The number of hydrogen-bond donors (Lipinski definition) is 2. The lowest BCUT2D eigenvalue weighted by molar-refractivity contribution is -0.921. The van der Waals surface area contributed by atoms with Crippen LogP contribution in [0, 0.1) is 0 Å². The molecule has 20 heavy (non-hydrogen) atoms. The standard InChI is InChI=1S/C16H31N4/c1-6-20(7-2,8-3)12-11-19(5)14-9-10-16(18-4)15(17)13-14/h9-10,13,18H,6-8,11-12,17H2,1-5H3/q+1. The quantitative estimate of drug-likeness (QED) is 0.568. The van der Waals surface area contributed by atoms with E-state index in [4.69, 9.17) is 5.73 Å². The van der Waals surface area contributed by atoms with E-state index < -0.39 is 0 Å². The normalized spacial score (nSPS) is 11.4. The van der Waals surface area contributed by atoms with Gasteiger partial charge in [0.25, 0.3) is 0 Å². The van der Waals surface area contributed by atoms with Crippen molar-refractivity contribution in [3.63, 3.8) is 0 Å². The highest BCUT2D eigenvalue weighted by Gasteiger charge is 2.21. The van der Waals surface area contributed by atoms with E-state index in [9.17, 15) is 0 Å². The molecule has 0 amide bonds. The molecule has 0 saturated heterocycles. The zero-order valence-corrected chi connectivity index (χ0v) is 13.7. The average Bonchev–Trinajstić information content (AvgIpc) is 2.49. The molecule has 0 heterocycles. The smallest absolute Gasteiger partial charge is 0.0964 e. The highest BCUT2D eigenvalue weighted by atomic mass is 15.4. The number of anilines is 3. The highest BCUT2D eigenvalue weighted by molar-refractivity contribution is 5.71. The van der Waals surface area contributed by atoms with Gasteiger partial charge in [0.1, 0.15) is 0 Å². The van der Waals surface area contributed by atoms with Crippen LogP contribution in [-0.4, -0.2) is 51.3 Å². The van der Waals surface area contributed by atoms with E-state index in [1.807, 2.05) is 19.2 Å². The molecule has 114 valence electrons. The first-order valence-corrected chi connectivity index (χ1v) is 7.65. The van der Waals surface area contributed by atoms with Crippen LogP contribution in [0.2, 0.25) is 0 Å². The SMILES string of the molecule is CC[N+](CC)(CC)CCN(C)c1ccc(NC)c(N)c1. The van der Waals surface area contributed by atoms with E-state index in [-0.39, 0.29) is 0 Å². The molecule has 1 aromatic carbocycles. The van der Waals surface area contributed by atoms with E-state index in [0.29, 0.717) is 0 Å². The molecule has 0 spiro atoms. The van der Waals surface area contributed by atoms with Gasteiger partial charge >= 0.3 is 0 Å². The Kier molecular flexibility index (Phi) is 6.14. The molecule has 0 saturated carbocycles. The molecule has 0 aliphatic carbocycles. The zero-order valence-electron chi connectivity index (χ0n) is 13.7.